The molecule has 16 heavy (non-hydrogen) atoms. The maximum Gasteiger partial charge on any atom is 0.0646 e. The van der Waals surface area contributed by atoms with Gasteiger partial charge in [-0.2, -0.15) is 0 Å². The maximum absolute atomic E-state index is 11.6. The number of pyridine rings is 1. The molecule has 1 saturated carbocycles. The van der Waals surface area contributed by atoms with Crippen LogP contribution in [-0.4, -0.2) is 28.2 Å². The fourth-order valence-corrected chi connectivity index (χ4v) is 2.33. The molecule has 1 unspecified atom stereocenters. The number of nitrogens with zero attached hydrogens (tertiary/aromatic N) is 2. The molecule has 0 amide bonds. The van der Waals surface area contributed by atoms with Crippen LogP contribution >= 0.6 is 0 Å². The number of hydrogen-bond donors (Lipinski definition) is 1. The van der Waals surface area contributed by atoms with E-state index >= 15 is 0 Å². The number of hydrogen-bond acceptors (Lipinski definition) is 3. The number of nitrogens with two attached hydrogens (primary N) is 1. The minimum atomic E-state index is -2.66. The van der Waals surface area contributed by atoms with Crippen LogP contribution in [0.4, 0.5) is 5.69 Å². The summed E-state index contributed by atoms with van der Waals surface area (Å²) in [7, 11) is -0.629. The van der Waals surface area contributed by atoms with Crippen LogP contribution in [-0.2, 0) is 9.71 Å². The van der Waals surface area contributed by atoms with Crippen LogP contribution in [0.3, 0.4) is 0 Å². The molecule has 1 aromatic heterocycles. The van der Waals surface area contributed by atoms with Crippen molar-refractivity contribution >= 4 is 21.3 Å². The Hall–Kier alpha value is -1.07. The van der Waals surface area contributed by atoms with Gasteiger partial charge in [0.05, 0.1) is 26.5 Å². The van der Waals surface area contributed by atoms with E-state index in [0.29, 0.717) is 10.9 Å². The molecule has 1 aliphatic carbocycles. The Bertz CT molecular complexity index is 480. The summed E-state index contributed by atoms with van der Waals surface area (Å²) in [4.78, 5) is 6.75. The topological polar surface area (TPSA) is 59.2 Å². The molecule has 0 aliphatic heterocycles. The lowest BCUT2D eigenvalue weighted by molar-refractivity contribution is 0.401. The number of aromatic nitrogens is 1. The van der Waals surface area contributed by atoms with E-state index in [1.165, 1.54) is 25.5 Å². The summed E-state index contributed by atoms with van der Waals surface area (Å²) in [5.74, 6) is 3.47. The Kier molecular flexibility index (Phi) is 2.90. The molecular weight excluding hydrogens is 222 g/mol. The average molecular weight is 239 g/mol. The van der Waals surface area contributed by atoms with Gasteiger partial charge in [-0.05, 0) is 31.2 Å². The molecule has 0 aromatic carbocycles. The second kappa shape index (κ2) is 4.07. The van der Waals surface area contributed by atoms with Crippen LogP contribution in [0.1, 0.15) is 19.3 Å². The molecule has 2 N–H and O–H groups in total. The van der Waals surface area contributed by atoms with Gasteiger partial charge in [-0.15, -0.1) is 0 Å². The van der Waals surface area contributed by atoms with Crippen molar-refractivity contribution in [3.05, 3.63) is 18.5 Å². The standard InChI is InChI=1S/C11H17N3OS/c1-14(9-4-3-5-9)10-6-11(8-13-7-10)16(2,12)15/h6-9H,2-5H2,1H3,(H2,12,15). The summed E-state index contributed by atoms with van der Waals surface area (Å²) >= 11 is 0. The number of anilines is 1. The normalized spacial score (nSPS) is 19.9. The van der Waals surface area contributed by atoms with Crippen molar-refractivity contribution in [2.45, 2.75) is 30.2 Å². The Balaban J connectivity index is 2.28. The van der Waals surface area contributed by atoms with E-state index in [1.807, 2.05) is 13.1 Å². The van der Waals surface area contributed by atoms with Crippen LogP contribution in [0.15, 0.2) is 23.4 Å². The molecule has 0 bridgehead atoms. The van der Waals surface area contributed by atoms with E-state index in [2.05, 4.69) is 15.8 Å². The van der Waals surface area contributed by atoms with Crippen molar-refractivity contribution in [2.75, 3.05) is 11.9 Å². The zero-order chi connectivity index (χ0) is 11.8. The molecule has 5 heteroatoms. The van der Waals surface area contributed by atoms with E-state index in [9.17, 15) is 4.21 Å². The highest BCUT2D eigenvalue weighted by atomic mass is 32.2. The van der Waals surface area contributed by atoms with Crippen LogP contribution < -0.4 is 10.0 Å². The summed E-state index contributed by atoms with van der Waals surface area (Å²) in [6.45, 7) is 0. The van der Waals surface area contributed by atoms with Gasteiger partial charge in [-0.25, -0.2) is 4.21 Å². The molecule has 1 fully saturated rings. The van der Waals surface area contributed by atoms with Gasteiger partial charge in [0, 0.05) is 19.3 Å². The highest BCUT2D eigenvalue weighted by Gasteiger charge is 2.22. The second-order valence-electron chi connectivity index (χ2n) is 4.30. The summed E-state index contributed by atoms with van der Waals surface area (Å²) in [6.07, 6.45) is 7.00. The lowest BCUT2D eigenvalue weighted by atomic mass is 9.92. The summed E-state index contributed by atoms with van der Waals surface area (Å²) in [6, 6.07) is 2.40. The second-order valence-corrected chi connectivity index (χ2v) is 6.22. The van der Waals surface area contributed by atoms with Crippen molar-refractivity contribution in [3.63, 3.8) is 0 Å². The highest BCUT2D eigenvalue weighted by Crippen LogP contribution is 2.28. The SMILES string of the molecule is C=S(N)(=O)c1cncc(N(C)C2CCC2)c1. The fraction of sp³-hybridized carbons (Fsp3) is 0.455. The zero-order valence-corrected chi connectivity index (χ0v) is 10.2. The molecule has 1 atom stereocenters. The average Bonchev–Trinajstić information content (AvgIpc) is 2.14. The lowest BCUT2D eigenvalue weighted by Gasteiger charge is -2.36. The van der Waals surface area contributed by atoms with Gasteiger partial charge in [0.1, 0.15) is 0 Å². The lowest BCUT2D eigenvalue weighted by Crippen LogP contribution is -2.37. The van der Waals surface area contributed by atoms with E-state index in [4.69, 9.17) is 5.14 Å². The first-order valence-corrected chi connectivity index (χ1v) is 7.10. The van der Waals surface area contributed by atoms with E-state index in [0.717, 1.165) is 5.69 Å². The molecule has 2 rings (SSSR count). The van der Waals surface area contributed by atoms with E-state index < -0.39 is 9.71 Å². The molecule has 1 heterocycles. The van der Waals surface area contributed by atoms with Gasteiger partial charge in [-0.3, -0.25) is 10.1 Å². The van der Waals surface area contributed by atoms with Gasteiger partial charge in [0.25, 0.3) is 0 Å². The van der Waals surface area contributed by atoms with Crippen molar-refractivity contribution in [3.8, 4) is 0 Å². The van der Waals surface area contributed by atoms with Crippen LogP contribution in [0.25, 0.3) is 0 Å². The van der Waals surface area contributed by atoms with Crippen LogP contribution in [0.2, 0.25) is 0 Å². The minimum absolute atomic E-state index is 0.510. The van der Waals surface area contributed by atoms with Gasteiger partial charge >= 0.3 is 0 Å². The smallest absolute Gasteiger partial charge is 0.0646 e. The third kappa shape index (κ3) is 2.20. The molecule has 0 saturated heterocycles. The third-order valence-corrected chi connectivity index (χ3v) is 4.15. The Morgan fingerprint density at radius 3 is 2.75 bits per heavy atom. The maximum atomic E-state index is 11.6. The predicted molar refractivity (Wildman–Crippen MR) is 68.0 cm³/mol. The molecule has 88 valence electrons. The monoisotopic (exact) mass is 239 g/mol. The van der Waals surface area contributed by atoms with Gasteiger partial charge in [0.15, 0.2) is 0 Å². The van der Waals surface area contributed by atoms with E-state index in [-0.39, 0.29) is 0 Å². The predicted octanol–water partition coefficient (Wildman–Crippen LogP) is 1.02. The Labute approximate surface area is 96.6 Å². The Morgan fingerprint density at radius 1 is 1.56 bits per heavy atom. The van der Waals surface area contributed by atoms with E-state index in [1.54, 1.807) is 6.20 Å². The van der Waals surface area contributed by atoms with Crippen molar-refractivity contribution in [2.24, 2.45) is 5.14 Å². The molecule has 1 aromatic rings. The first kappa shape index (κ1) is 11.4. The summed E-state index contributed by atoms with van der Waals surface area (Å²) < 4.78 is 11.6. The molecule has 4 nitrogen and oxygen atoms in total. The quantitative estimate of drug-likeness (QED) is 0.801. The fourth-order valence-electron chi connectivity index (χ4n) is 1.77. The number of rotatable bonds is 3. The van der Waals surface area contributed by atoms with Crippen LogP contribution in [0.5, 0.6) is 0 Å². The first-order valence-electron chi connectivity index (χ1n) is 5.31. The van der Waals surface area contributed by atoms with Crippen LogP contribution in [0, 0.1) is 0 Å². The molecule has 0 radical (unpaired) electrons. The minimum Gasteiger partial charge on any atom is -0.370 e. The van der Waals surface area contributed by atoms with Gasteiger partial charge < -0.3 is 4.90 Å². The first-order chi connectivity index (χ1) is 7.48. The Morgan fingerprint density at radius 2 is 2.25 bits per heavy atom. The summed E-state index contributed by atoms with van der Waals surface area (Å²) in [5, 5.41) is 5.51. The summed E-state index contributed by atoms with van der Waals surface area (Å²) in [5.41, 5.74) is 0.962. The van der Waals surface area contributed by atoms with Crippen molar-refractivity contribution in [1.82, 2.24) is 4.98 Å². The molecule has 0 spiro atoms. The zero-order valence-electron chi connectivity index (χ0n) is 9.43. The van der Waals surface area contributed by atoms with Gasteiger partial charge in [0.2, 0.25) is 0 Å². The molecular formula is C11H17N3OS. The van der Waals surface area contributed by atoms with Gasteiger partial charge in [-0.1, -0.05) is 0 Å². The largest absolute Gasteiger partial charge is 0.370 e. The molecule has 1 aliphatic rings. The third-order valence-electron chi connectivity index (χ3n) is 3.13. The van der Waals surface area contributed by atoms with Crippen molar-refractivity contribution in [1.29, 1.82) is 0 Å². The van der Waals surface area contributed by atoms with Crippen molar-refractivity contribution < 1.29 is 4.21 Å². The highest BCUT2D eigenvalue weighted by molar-refractivity contribution is 7.98.